The minimum absolute atomic E-state index is 0.724. The molecule has 1 heteroatoms. The van der Waals surface area contributed by atoms with Crippen molar-refractivity contribution in [2.75, 3.05) is 13.6 Å². The van der Waals surface area contributed by atoms with Crippen LogP contribution in [0.4, 0.5) is 0 Å². The van der Waals surface area contributed by atoms with Crippen LogP contribution in [0.25, 0.3) is 0 Å². The molecule has 1 N–H and O–H groups in total. The van der Waals surface area contributed by atoms with Gasteiger partial charge >= 0.3 is 0 Å². The lowest BCUT2D eigenvalue weighted by Gasteiger charge is -2.16. The molecule has 0 radical (unpaired) electrons. The van der Waals surface area contributed by atoms with E-state index in [9.17, 15) is 0 Å². The summed E-state index contributed by atoms with van der Waals surface area (Å²) >= 11 is 0. The highest BCUT2D eigenvalue weighted by Crippen LogP contribution is 2.25. The first-order valence-corrected chi connectivity index (χ1v) is 5.99. The van der Waals surface area contributed by atoms with Crippen molar-refractivity contribution in [1.29, 1.82) is 0 Å². The summed E-state index contributed by atoms with van der Waals surface area (Å²) in [4.78, 5) is 0. The highest BCUT2D eigenvalue weighted by Gasteiger charge is 2.09. The molecule has 84 valence electrons. The predicted octanol–water partition coefficient (Wildman–Crippen LogP) is 3.49. The normalized spacial score (nSPS) is 12.7. The Morgan fingerprint density at radius 2 is 2.07 bits per heavy atom. The maximum absolute atomic E-state index is 3.24. The molecule has 1 aromatic carbocycles. The molecule has 1 rings (SSSR count). The number of hydrogen-bond acceptors (Lipinski definition) is 1. The summed E-state index contributed by atoms with van der Waals surface area (Å²) in [7, 11) is 2.03. The summed E-state index contributed by atoms with van der Waals surface area (Å²) in [5.74, 6) is 0.724. The molecule has 0 spiro atoms. The topological polar surface area (TPSA) is 12.0 Å². The van der Waals surface area contributed by atoms with E-state index in [1.165, 1.54) is 30.4 Å². The maximum atomic E-state index is 3.24. The second-order valence-electron chi connectivity index (χ2n) is 4.29. The van der Waals surface area contributed by atoms with Crippen molar-refractivity contribution in [2.24, 2.45) is 0 Å². The van der Waals surface area contributed by atoms with Crippen molar-refractivity contribution in [1.82, 2.24) is 5.32 Å². The van der Waals surface area contributed by atoms with E-state index in [1.54, 1.807) is 0 Å². The van der Waals surface area contributed by atoms with Gasteiger partial charge in [0.25, 0.3) is 0 Å². The van der Waals surface area contributed by atoms with Crippen LogP contribution in [0.5, 0.6) is 0 Å². The van der Waals surface area contributed by atoms with Crippen LogP contribution in [0, 0.1) is 6.92 Å². The minimum Gasteiger partial charge on any atom is -0.320 e. The largest absolute Gasteiger partial charge is 0.320 e. The molecule has 0 aromatic heterocycles. The Morgan fingerprint density at radius 3 is 2.67 bits per heavy atom. The quantitative estimate of drug-likeness (QED) is 0.749. The van der Waals surface area contributed by atoms with Gasteiger partial charge in [0.15, 0.2) is 0 Å². The van der Waals surface area contributed by atoms with Crippen LogP contribution in [-0.4, -0.2) is 13.6 Å². The average molecular weight is 205 g/mol. The Kier molecular flexibility index (Phi) is 5.41. The summed E-state index contributed by atoms with van der Waals surface area (Å²) in [6.45, 7) is 5.55. The van der Waals surface area contributed by atoms with Crippen LogP contribution in [0.1, 0.15) is 43.2 Å². The Hall–Kier alpha value is -0.820. The molecule has 0 fully saturated rings. The molecule has 1 aromatic rings. The van der Waals surface area contributed by atoms with Gasteiger partial charge in [-0.05, 0) is 44.8 Å². The summed E-state index contributed by atoms with van der Waals surface area (Å²) in [5.41, 5.74) is 2.88. The van der Waals surface area contributed by atoms with Crippen molar-refractivity contribution >= 4 is 0 Å². The van der Waals surface area contributed by atoms with Crippen molar-refractivity contribution < 1.29 is 0 Å². The summed E-state index contributed by atoms with van der Waals surface area (Å²) < 4.78 is 0. The standard InChI is InChI=1S/C14H23N/c1-4-6-13(9-10-15-3)14-8-5-7-12(2)11-14/h5,7-8,11,13,15H,4,6,9-10H2,1-3H3. The number of nitrogens with one attached hydrogen (secondary N) is 1. The zero-order valence-electron chi connectivity index (χ0n) is 10.2. The van der Waals surface area contributed by atoms with Gasteiger partial charge < -0.3 is 5.32 Å². The van der Waals surface area contributed by atoms with Gasteiger partial charge in [-0.25, -0.2) is 0 Å². The Labute approximate surface area is 93.9 Å². The molecule has 15 heavy (non-hydrogen) atoms. The lowest BCUT2D eigenvalue weighted by atomic mass is 9.90. The van der Waals surface area contributed by atoms with Gasteiger partial charge in [0.2, 0.25) is 0 Å². The first kappa shape index (κ1) is 12.3. The van der Waals surface area contributed by atoms with Crippen LogP contribution < -0.4 is 5.32 Å². The Bertz CT molecular complexity index is 280. The van der Waals surface area contributed by atoms with E-state index in [0.29, 0.717) is 0 Å². The molecule has 0 bridgehead atoms. The van der Waals surface area contributed by atoms with Crippen LogP contribution >= 0.6 is 0 Å². The molecule has 0 saturated carbocycles. The predicted molar refractivity (Wildman–Crippen MR) is 67.4 cm³/mol. The highest BCUT2D eigenvalue weighted by molar-refractivity contribution is 5.25. The van der Waals surface area contributed by atoms with E-state index < -0.39 is 0 Å². The van der Waals surface area contributed by atoms with Gasteiger partial charge in [-0.2, -0.15) is 0 Å². The molecule has 1 atom stereocenters. The Balaban J connectivity index is 2.69. The smallest absolute Gasteiger partial charge is 0.00461 e. The van der Waals surface area contributed by atoms with Gasteiger partial charge in [0.05, 0.1) is 0 Å². The van der Waals surface area contributed by atoms with Crippen LogP contribution in [0.3, 0.4) is 0 Å². The van der Waals surface area contributed by atoms with Gasteiger partial charge in [-0.3, -0.25) is 0 Å². The van der Waals surface area contributed by atoms with Crippen LogP contribution in [0.15, 0.2) is 24.3 Å². The van der Waals surface area contributed by atoms with Crippen molar-refractivity contribution in [2.45, 2.75) is 39.0 Å². The number of rotatable bonds is 6. The van der Waals surface area contributed by atoms with Gasteiger partial charge in [0, 0.05) is 0 Å². The fourth-order valence-corrected chi connectivity index (χ4v) is 2.07. The average Bonchev–Trinajstić information content (AvgIpc) is 2.24. The van der Waals surface area contributed by atoms with E-state index in [1.807, 2.05) is 7.05 Å². The SMILES string of the molecule is CCCC(CCNC)c1cccc(C)c1. The second kappa shape index (κ2) is 6.62. The summed E-state index contributed by atoms with van der Waals surface area (Å²) in [6, 6.07) is 8.94. The van der Waals surface area contributed by atoms with Crippen molar-refractivity contribution in [3.05, 3.63) is 35.4 Å². The van der Waals surface area contributed by atoms with E-state index in [2.05, 4.69) is 43.4 Å². The van der Waals surface area contributed by atoms with Crippen molar-refractivity contribution in [3.63, 3.8) is 0 Å². The molecular weight excluding hydrogens is 182 g/mol. The lowest BCUT2D eigenvalue weighted by Crippen LogP contribution is -2.12. The molecule has 0 saturated heterocycles. The minimum atomic E-state index is 0.724. The fraction of sp³-hybridized carbons (Fsp3) is 0.571. The highest BCUT2D eigenvalue weighted by atomic mass is 14.8. The first-order valence-electron chi connectivity index (χ1n) is 5.99. The molecule has 0 aliphatic rings. The van der Waals surface area contributed by atoms with Gasteiger partial charge in [0.1, 0.15) is 0 Å². The third-order valence-electron chi connectivity index (χ3n) is 2.89. The fourth-order valence-electron chi connectivity index (χ4n) is 2.07. The van der Waals surface area contributed by atoms with E-state index >= 15 is 0 Å². The molecule has 0 aliphatic carbocycles. The third-order valence-corrected chi connectivity index (χ3v) is 2.89. The maximum Gasteiger partial charge on any atom is -0.00461 e. The first-order chi connectivity index (χ1) is 7.27. The van der Waals surface area contributed by atoms with Crippen molar-refractivity contribution in [3.8, 4) is 0 Å². The van der Waals surface area contributed by atoms with Crippen LogP contribution in [-0.2, 0) is 0 Å². The second-order valence-corrected chi connectivity index (χ2v) is 4.29. The molecule has 0 heterocycles. The number of hydrogen-bond donors (Lipinski definition) is 1. The van der Waals surface area contributed by atoms with Gasteiger partial charge in [-0.1, -0.05) is 43.2 Å². The van der Waals surface area contributed by atoms with E-state index in [-0.39, 0.29) is 0 Å². The third kappa shape index (κ3) is 4.05. The monoisotopic (exact) mass is 205 g/mol. The number of aryl methyl sites for hydroxylation is 1. The van der Waals surface area contributed by atoms with Gasteiger partial charge in [-0.15, -0.1) is 0 Å². The molecule has 0 aliphatic heterocycles. The zero-order valence-corrected chi connectivity index (χ0v) is 10.2. The molecular formula is C14H23N. The molecule has 1 unspecified atom stereocenters. The molecule has 0 amide bonds. The van der Waals surface area contributed by atoms with Crippen LogP contribution in [0.2, 0.25) is 0 Å². The van der Waals surface area contributed by atoms with E-state index in [4.69, 9.17) is 0 Å². The Morgan fingerprint density at radius 1 is 1.27 bits per heavy atom. The zero-order chi connectivity index (χ0) is 11.1. The lowest BCUT2D eigenvalue weighted by molar-refractivity contribution is 0.551. The molecule has 1 nitrogen and oxygen atoms in total. The summed E-state index contributed by atoms with van der Waals surface area (Å²) in [5, 5.41) is 3.24. The summed E-state index contributed by atoms with van der Waals surface area (Å²) in [6.07, 6.45) is 3.81. The number of benzene rings is 1. The van der Waals surface area contributed by atoms with E-state index in [0.717, 1.165) is 12.5 Å².